The average Bonchev–Trinajstić information content (AvgIpc) is 2.90. The van der Waals surface area contributed by atoms with Gasteiger partial charge in [-0.05, 0) is 63.7 Å². The summed E-state index contributed by atoms with van der Waals surface area (Å²) in [5.74, 6) is 0.480. The number of benzene rings is 5. The van der Waals surface area contributed by atoms with Gasteiger partial charge in [0.1, 0.15) is 0 Å². The van der Waals surface area contributed by atoms with Crippen LogP contribution in [-0.2, 0) is 17.6 Å². The van der Waals surface area contributed by atoms with Crippen molar-refractivity contribution < 1.29 is 9.53 Å². The maximum Gasteiger partial charge on any atom is 0.292 e. The van der Waals surface area contributed by atoms with Crippen molar-refractivity contribution in [3.63, 3.8) is 0 Å². The van der Waals surface area contributed by atoms with Crippen LogP contribution in [0.25, 0.3) is 32.7 Å². The normalized spacial score (nSPS) is 10.7. The van der Waals surface area contributed by atoms with E-state index in [1.165, 1.54) is 5.56 Å². The number of aryl methyl sites for hydroxylation is 2. The Labute approximate surface area is 210 Å². The zero-order valence-corrected chi connectivity index (χ0v) is 20.2. The quantitative estimate of drug-likeness (QED) is 0.144. The van der Waals surface area contributed by atoms with Gasteiger partial charge in [0.2, 0.25) is 6.08 Å². The lowest BCUT2D eigenvalue weighted by molar-refractivity contribution is 0.504. The van der Waals surface area contributed by atoms with E-state index in [-0.39, 0.29) is 0 Å². The van der Waals surface area contributed by atoms with Crippen LogP contribution < -0.4 is 4.74 Å². The van der Waals surface area contributed by atoms with Gasteiger partial charge < -0.3 is 4.74 Å². The topological polar surface area (TPSA) is 62.4 Å². The Balaban J connectivity index is 1.89. The van der Waals surface area contributed by atoms with Crippen molar-refractivity contribution >= 4 is 33.3 Å². The van der Waals surface area contributed by atoms with Crippen LogP contribution in [0.15, 0.2) is 89.9 Å². The zero-order valence-electron chi connectivity index (χ0n) is 20.2. The number of ether oxygens (including phenoxy) is 1. The smallest absolute Gasteiger partial charge is 0.292 e. The zero-order chi connectivity index (χ0) is 25.1. The van der Waals surface area contributed by atoms with E-state index in [0.717, 1.165) is 55.8 Å². The predicted molar refractivity (Wildman–Crippen MR) is 144 cm³/mol. The molecule has 0 radical (unpaired) electrons. The minimum atomic E-state index is 0.480. The minimum absolute atomic E-state index is 0.480. The molecule has 4 nitrogen and oxygen atoms in total. The third-order valence-electron chi connectivity index (χ3n) is 6.67. The molecule has 0 aliphatic heterocycles. The van der Waals surface area contributed by atoms with Gasteiger partial charge in [0.25, 0.3) is 6.26 Å². The highest BCUT2D eigenvalue weighted by Gasteiger charge is 2.23. The van der Waals surface area contributed by atoms with Crippen LogP contribution in [0.5, 0.6) is 5.75 Å². The molecule has 0 aliphatic rings. The summed E-state index contributed by atoms with van der Waals surface area (Å²) in [6.07, 6.45) is 5.21. The summed E-state index contributed by atoms with van der Waals surface area (Å²) >= 11 is 0. The molecule has 36 heavy (non-hydrogen) atoms. The van der Waals surface area contributed by atoms with E-state index < -0.39 is 0 Å². The predicted octanol–water partition coefficient (Wildman–Crippen LogP) is 7.95. The first kappa shape index (κ1) is 23.1. The Morgan fingerprint density at radius 3 is 2.08 bits per heavy atom. The molecular weight excluding hydrogens is 444 g/mol. The summed E-state index contributed by atoms with van der Waals surface area (Å²) < 4.78 is 5.74. The van der Waals surface area contributed by atoms with Crippen LogP contribution in [0.2, 0.25) is 0 Å². The van der Waals surface area contributed by atoms with Gasteiger partial charge in [0.15, 0.2) is 5.75 Å². The van der Waals surface area contributed by atoms with Crippen molar-refractivity contribution in [1.29, 1.82) is 5.26 Å². The molecule has 0 unspecified atom stereocenters. The molecule has 0 amide bonds. The molecule has 0 bridgehead atoms. The first-order valence-electron chi connectivity index (χ1n) is 11.9. The van der Waals surface area contributed by atoms with Crippen molar-refractivity contribution in [3.05, 3.63) is 107 Å². The Morgan fingerprint density at radius 2 is 1.44 bits per heavy atom. The van der Waals surface area contributed by atoms with Crippen molar-refractivity contribution in [2.45, 2.75) is 26.7 Å². The summed E-state index contributed by atoms with van der Waals surface area (Å²) in [6.45, 7) is 4.06. The van der Waals surface area contributed by atoms with Crippen LogP contribution >= 0.6 is 0 Å². The second-order valence-electron chi connectivity index (χ2n) is 8.84. The molecule has 174 valence electrons. The molecule has 4 heteroatoms. The Morgan fingerprint density at radius 1 is 0.833 bits per heavy atom. The standard InChI is InChI=1S/C32H24N2O2/c1-3-22-12-14-23(15-13-22)17-26-18-25-9-5-7-11-28(25)30(32(26)36-19-33)29-27-10-6-4-8-24(27)16-21(2)31(29)34-20-35/h4-16,18H,3,17H2,1-2H3. The first-order valence-corrected chi connectivity index (χ1v) is 11.9. The Kier molecular flexibility index (Phi) is 6.33. The summed E-state index contributed by atoms with van der Waals surface area (Å²) in [5, 5.41) is 13.6. The van der Waals surface area contributed by atoms with Gasteiger partial charge in [-0.25, -0.2) is 4.79 Å². The lowest BCUT2D eigenvalue weighted by Gasteiger charge is -2.19. The lowest BCUT2D eigenvalue weighted by Crippen LogP contribution is -1.99. The summed E-state index contributed by atoms with van der Waals surface area (Å²) in [7, 11) is 0. The molecule has 0 saturated carbocycles. The molecule has 5 aromatic rings. The Bertz CT molecular complexity index is 1690. The largest absolute Gasteiger partial charge is 0.387 e. The van der Waals surface area contributed by atoms with Crippen molar-refractivity contribution in [3.8, 4) is 23.1 Å². The molecule has 0 N–H and O–H groups in total. The number of hydrogen-bond donors (Lipinski definition) is 0. The fraction of sp³-hybridized carbons (Fsp3) is 0.125. The number of isocyanates is 1. The summed E-state index contributed by atoms with van der Waals surface area (Å²) in [4.78, 5) is 15.6. The van der Waals surface area contributed by atoms with Crippen molar-refractivity contribution in [1.82, 2.24) is 0 Å². The average molecular weight is 469 g/mol. The van der Waals surface area contributed by atoms with E-state index in [1.807, 2.05) is 61.7 Å². The van der Waals surface area contributed by atoms with Crippen molar-refractivity contribution in [2.24, 2.45) is 4.99 Å². The van der Waals surface area contributed by atoms with Crippen LogP contribution in [0.3, 0.4) is 0 Å². The fourth-order valence-electron chi connectivity index (χ4n) is 4.96. The lowest BCUT2D eigenvalue weighted by atomic mass is 9.87. The monoisotopic (exact) mass is 468 g/mol. The van der Waals surface area contributed by atoms with E-state index >= 15 is 0 Å². The molecule has 5 aromatic carbocycles. The van der Waals surface area contributed by atoms with E-state index in [9.17, 15) is 10.1 Å². The van der Waals surface area contributed by atoms with E-state index in [2.05, 4.69) is 48.3 Å². The van der Waals surface area contributed by atoms with Gasteiger partial charge in [-0.1, -0.05) is 79.7 Å². The number of carbonyl (C=O) groups excluding carboxylic acids is 1. The number of hydrogen-bond acceptors (Lipinski definition) is 4. The van der Waals surface area contributed by atoms with Gasteiger partial charge in [0, 0.05) is 23.1 Å². The maximum absolute atomic E-state index is 11.5. The van der Waals surface area contributed by atoms with Gasteiger partial charge in [0.05, 0.1) is 5.69 Å². The van der Waals surface area contributed by atoms with Crippen LogP contribution in [0, 0.1) is 18.4 Å². The number of rotatable bonds is 6. The second kappa shape index (κ2) is 9.88. The van der Waals surface area contributed by atoms with Crippen LogP contribution in [0.1, 0.15) is 29.2 Å². The fourth-order valence-corrected chi connectivity index (χ4v) is 4.96. The molecule has 0 fully saturated rings. The van der Waals surface area contributed by atoms with Gasteiger partial charge in [-0.2, -0.15) is 4.99 Å². The van der Waals surface area contributed by atoms with Crippen LogP contribution in [0.4, 0.5) is 5.69 Å². The first-order chi connectivity index (χ1) is 17.6. The van der Waals surface area contributed by atoms with E-state index in [0.29, 0.717) is 17.9 Å². The molecule has 0 atom stereocenters. The number of nitrogens with zero attached hydrogens (tertiary/aromatic N) is 2. The third-order valence-corrected chi connectivity index (χ3v) is 6.67. The van der Waals surface area contributed by atoms with E-state index in [1.54, 1.807) is 6.08 Å². The molecule has 5 rings (SSSR count). The van der Waals surface area contributed by atoms with Gasteiger partial charge >= 0.3 is 0 Å². The van der Waals surface area contributed by atoms with Gasteiger partial charge in [-0.15, -0.1) is 5.26 Å². The van der Waals surface area contributed by atoms with Crippen molar-refractivity contribution in [2.75, 3.05) is 0 Å². The molecule has 0 aliphatic carbocycles. The number of fused-ring (bicyclic) bond motifs is 2. The number of nitriles is 1. The SMILES string of the molecule is CCc1ccc(Cc2cc3ccccc3c(-c3c(N=C=O)c(C)cc4ccccc34)c2OC#N)cc1. The highest BCUT2D eigenvalue weighted by molar-refractivity contribution is 6.12. The molecule has 0 aromatic heterocycles. The van der Waals surface area contributed by atoms with E-state index in [4.69, 9.17) is 4.74 Å². The summed E-state index contributed by atoms with van der Waals surface area (Å²) in [6, 6.07) is 28.6. The molecular formula is C32H24N2O2. The maximum atomic E-state index is 11.5. The van der Waals surface area contributed by atoms with Gasteiger partial charge in [-0.3, -0.25) is 0 Å². The molecule has 0 saturated heterocycles. The minimum Gasteiger partial charge on any atom is -0.387 e. The third kappa shape index (κ3) is 4.14. The van der Waals surface area contributed by atoms with Crippen LogP contribution in [-0.4, -0.2) is 6.08 Å². The Hall–Kier alpha value is -4.71. The number of aliphatic imine (C=N–C) groups is 1. The second-order valence-corrected chi connectivity index (χ2v) is 8.84. The highest BCUT2D eigenvalue weighted by Crippen LogP contribution is 2.48. The summed E-state index contributed by atoms with van der Waals surface area (Å²) in [5.41, 5.74) is 6.18. The molecule has 0 spiro atoms. The molecule has 0 heterocycles. The highest BCUT2D eigenvalue weighted by atomic mass is 16.5.